The van der Waals surface area contributed by atoms with Crippen LogP contribution in [0.1, 0.15) is 17.2 Å². The zero-order valence-electron chi connectivity index (χ0n) is 11.8. The number of hydrogen-bond acceptors (Lipinski definition) is 3. The zero-order chi connectivity index (χ0) is 15.0. The molecular formula is C15H14ClN5. The van der Waals surface area contributed by atoms with E-state index in [2.05, 4.69) is 16.2 Å². The fourth-order valence-electron chi connectivity index (χ4n) is 2.51. The van der Waals surface area contributed by atoms with Gasteiger partial charge in [-0.25, -0.2) is 4.98 Å². The largest absolute Gasteiger partial charge is 0.321 e. The minimum absolute atomic E-state index is 0.267. The Morgan fingerprint density at radius 3 is 2.76 bits per heavy atom. The summed E-state index contributed by atoms with van der Waals surface area (Å²) in [5.41, 5.74) is 3.60. The fourth-order valence-corrected chi connectivity index (χ4v) is 2.73. The molecule has 5 nitrogen and oxygen atoms in total. The van der Waals surface area contributed by atoms with Crippen molar-refractivity contribution < 1.29 is 0 Å². The molecule has 2 heterocycles. The second-order valence-corrected chi connectivity index (χ2v) is 5.29. The second-order valence-electron chi connectivity index (χ2n) is 4.91. The Bertz CT molecular complexity index is 853. The monoisotopic (exact) mass is 299 g/mol. The lowest BCUT2D eigenvalue weighted by Crippen LogP contribution is -2.09. The molecule has 0 aliphatic rings. The van der Waals surface area contributed by atoms with Gasteiger partial charge in [-0.05, 0) is 19.1 Å². The van der Waals surface area contributed by atoms with Crippen LogP contribution in [0.2, 0.25) is 5.02 Å². The molecule has 6 heteroatoms. The van der Waals surface area contributed by atoms with Crippen LogP contribution in [0.5, 0.6) is 0 Å². The fraction of sp³-hybridized carbons (Fsp3) is 0.267. The van der Waals surface area contributed by atoms with Crippen molar-refractivity contribution in [3.8, 4) is 6.07 Å². The van der Waals surface area contributed by atoms with Crippen molar-refractivity contribution in [1.82, 2.24) is 19.3 Å². The zero-order valence-corrected chi connectivity index (χ0v) is 12.6. The van der Waals surface area contributed by atoms with Crippen molar-refractivity contribution in [2.24, 2.45) is 7.05 Å². The molecule has 106 valence electrons. The lowest BCUT2D eigenvalue weighted by Gasteiger charge is -2.08. The van der Waals surface area contributed by atoms with Crippen molar-refractivity contribution in [1.29, 1.82) is 5.26 Å². The van der Waals surface area contributed by atoms with E-state index in [1.54, 1.807) is 4.68 Å². The summed E-state index contributed by atoms with van der Waals surface area (Å²) >= 11 is 6.33. The van der Waals surface area contributed by atoms with Gasteiger partial charge in [0, 0.05) is 7.05 Å². The highest BCUT2D eigenvalue weighted by atomic mass is 35.5. The predicted molar refractivity (Wildman–Crippen MR) is 81.1 cm³/mol. The summed E-state index contributed by atoms with van der Waals surface area (Å²) in [5, 5.41) is 14.0. The molecule has 0 unspecified atom stereocenters. The minimum atomic E-state index is 0.267. The first-order valence-electron chi connectivity index (χ1n) is 6.61. The van der Waals surface area contributed by atoms with Gasteiger partial charge in [0.2, 0.25) is 0 Å². The van der Waals surface area contributed by atoms with Gasteiger partial charge in [-0.15, -0.1) is 0 Å². The third-order valence-corrected chi connectivity index (χ3v) is 4.03. The van der Waals surface area contributed by atoms with Gasteiger partial charge in [0.25, 0.3) is 0 Å². The maximum absolute atomic E-state index is 9.00. The second kappa shape index (κ2) is 5.23. The number of aryl methyl sites for hydroxylation is 2. The van der Waals surface area contributed by atoms with Crippen LogP contribution in [0.4, 0.5) is 0 Å². The van der Waals surface area contributed by atoms with Gasteiger partial charge in [-0.1, -0.05) is 23.7 Å². The number of nitrogens with zero attached hydrogens (tertiary/aromatic N) is 5. The molecule has 0 radical (unpaired) electrons. The quantitative estimate of drug-likeness (QED) is 0.747. The van der Waals surface area contributed by atoms with Gasteiger partial charge in [-0.3, -0.25) is 4.68 Å². The Kier molecular flexibility index (Phi) is 3.40. The number of para-hydroxylation sites is 2. The Morgan fingerprint density at radius 2 is 2.10 bits per heavy atom. The molecule has 0 bridgehead atoms. The molecule has 3 aromatic rings. The summed E-state index contributed by atoms with van der Waals surface area (Å²) in [6.07, 6.45) is 0.267. The van der Waals surface area contributed by atoms with Crippen molar-refractivity contribution in [3.63, 3.8) is 0 Å². The van der Waals surface area contributed by atoms with Gasteiger partial charge in [0.15, 0.2) is 0 Å². The highest BCUT2D eigenvalue weighted by Gasteiger charge is 2.16. The van der Waals surface area contributed by atoms with Crippen LogP contribution >= 0.6 is 11.6 Å². The summed E-state index contributed by atoms with van der Waals surface area (Å²) in [4.78, 5) is 4.53. The summed E-state index contributed by atoms with van der Waals surface area (Å²) in [7, 11) is 1.87. The third-order valence-electron chi connectivity index (χ3n) is 3.54. The van der Waals surface area contributed by atoms with E-state index in [0.29, 0.717) is 11.6 Å². The maximum Gasteiger partial charge on any atom is 0.124 e. The highest BCUT2D eigenvalue weighted by Crippen LogP contribution is 2.24. The lowest BCUT2D eigenvalue weighted by atomic mass is 10.3. The van der Waals surface area contributed by atoms with Crippen molar-refractivity contribution in [2.75, 3.05) is 0 Å². The van der Waals surface area contributed by atoms with Crippen LogP contribution in [-0.2, 0) is 20.0 Å². The van der Waals surface area contributed by atoms with E-state index in [0.717, 1.165) is 28.2 Å². The summed E-state index contributed by atoms with van der Waals surface area (Å²) in [6.45, 7) is 2.43. The third kappa shape index (κ3) is 2.28. The van der Waals surface area contributed by atoms with E-state index in [1.807, 2.05) is 42.8 Å². The van der Waals surface area contributed by atoms with Gasteiger partial charge in [-0.2, -0.15) is 10.4 Å². The van der Waals surface area contributed by atoms with Crippen LogP contribution in [0.15, 0.2) is 24.3 Å². The molecular weight excluding hydrogens is 286 g/mol. The molecule has 0 amide bonds. The van der Waals surface area contributed by atoms with Crippen molar-refractivity contribution >= 4 is 22.6 Å². The molecule has 3 rings (SSSR count). The molecule has 0 N–H and O–H groups in total. The Hall–Kier alpha value is -2.32. The predicted octanol–water partition coefficient (Wildman–Crippen LogP) is 2.85. The summed E-state index contributed by atoms with van der Waals surface area (Å²) in [5.74, 6) is 0.744. The molecule has 1 aromatic carbocycles. The number of imidazole rings is 1. The van der Waals surface area contributed by atoms with E-state index in [1.165, 1.54) is 0 Å². The maximum atomic E-state index is 9.00. The standard InChI is InChI=1S/C15H14ClN5/c1-10-15(16)13(20(2)19-10)9-21-12-6-4-3-5-11(12)18-14(21)7-8-17/h3-6H,7,9H2,1-2H3. The SMILES string of the molecule is Cc1nn(C)c(Cn2c(CC#N)nc3ccccc32)c1Cl. The molecule has 0 aliphatic carbocycles. The normalized spacial score (nSPS) is 11.0. The van der Waals surface area contributed by atoms with Crippen LogP contribution in [0.3, 0.4) is 0 Å². The number of halogens is 1. The number of rotatable bonds is 3. The van der Waals surface area contributed by atoms with Crippen LogP contribution in [0.25, 0.3) is 11.0 Å². The molecule has 0 aliphatic heterocycles. The minimum Gasteiger partial charge on any atom is -0.321 e. The van der Waals surface area contributed by atoms with Gasteiger partial charge in [0.05, 0.1) is 46.5 Å². The number of nitriles is 1. The van der Waals surface area contributed by atoms with Gasteiger partial charge in [0.1, 0.15) is 5.82 Å². The molecule has 2 aromatic heterocycles. The van der Waals surface area contributed by atoms with Gasteiger partial charge >= 0.3 is 0 Å². The number of fused-ring (bicyclic) bond motifs is 1. The van der Waals surface area contributed by atoms with E-state index >= 15 is 0 Å². The van der Waals surface area contributed by atoms with Crippen LogP contribution < -0.4 is 0 Å². The van der Waals surface area contributed by atoms with Crippen molar-refractivity contribution in [2.45, 2.75) is 19.9 Å². The van der Waals surface area contributed by atoms with E-state index in [9.17, 15) is 0 Å². The Balaban J connectivity index is 2.15. The smallest absolute Gasteiger partial charge is 0.124 e. The topological polar surface area (TPSA) is 59.4 Å². The molecule has 0 fully saturated rings. The van der Waals surface area contributed by atoms with Crippen LogP contribution in [-0.4, -0.2) is 19.3 Å². The molecule has 0 spiro atoms. The summed E-state index contributed by atoms with van der Waals surface area (Å²) < 4.78 is 3.81. The average Bonchev–Trinajstić information content (AvgIpc) is 2.92. The first-order valence-corrected chi connectivity index (χ1v) is 6.98. The first-order chi connectivity index (χ1) is 10.1. The van der Waals surface area contributed by atoms with E-state index in [-0.39, 0.29) is 6.42 Å². The lowest BCUT2D eigenvalue weighted by molar-refractivity contribution is 0.658. The van der Waals surface area contributed by atoms with Crippen LogP contribution in [0, 0.1) is 18.3 Å². The molecule has 21 heavy (non-hydrogen) atoms. The molecule has 0 saturated carbocycles. The van der Waals surface area contributed by atoms with Gasteiger partial charge < -0.3 is 4.57 Å². The van der Waals surface area contributed by atoms with E-state index < -0.39 is 0 Å². The number of hydrogen-bond donors (Lipinski definition) is 0. The highest BCUT2D eigenvalue weighted by molar-refractivity contribution is 6.31. The number of benzene rings is 1. The number of aromatic nitrogens is 4. The Labute approximate surface area is 127 Å². The Morgan fingerprint density at radius 1 is 1.33 bits per heavy atom. The van der Waals surface area contributed by atoms with E-state index in [4.69, 9.17) is 16.9 Å². The van der Waals surface area contributed by atoms with Crippen molar-refractivity contribution in [3.05, 3.63) is 46.5 Å². The summed E-state index contributed by atoms with van der Waals surface area (Å²) in [6, 6.07) is 10.0. The first kappa shape index (κ1) is 13.7. The molecule has 0 saturated heterocycles. The molecule has 0 atom stereocenters. The average molecular weight is 300 g/mol.